The molecule has 0 fully saturated rings. The molecule has 18 heavy (non-hydrogen) atoms. The number of phenolic OH excluding ortho intramolecular Hbond substituents is 4. The highest BCUT2D eigenvalue weighted by atomic mass is 16.3. The quantitative estimate of drug-likeness (QED) is 0.583. The highest BCUT2D eigenvalue weighted by Gasteiger charge is 2.16. The minimum Gasteiger partial charge on any atom is -0.504 e. The van der Waals surface area contributed by atoms with Gasteiger partial charge in [-0.1, -0.05) is 12.1 Å². The molecule has 4 N–H and O–H groups in total. The van der Waals surface area contributed by atoms with Gasteiger partial charge in [0.2, 0.25) is 0 Å². The fourth-order valence-electron chi connectivity index (χ4n) is 1.80. The molecule has 0 saturated heterocycles. The van der Waals surface area contributed by atoms with Gasteiger partial charge in [-0.15, -0.1) is 0 Å². The summed E-state index contributed by atoms with van der Waals surface area (Å²) in [6, 6.07) is 6.41. The van der Waals surface area contributed by atoms with Crippen LogP contribution in [0.3, 0.4) is 0 Å². The van der Waals surface area contributed by atoms with Gasteiger partial charge >= 0.3 is 0 Å². The maximum Gasteiger partial charge on any atom is 0.165 e. The Bertz CT molecular complexity index is 562. The van der Waals surface area contributed by atoms with Gasteiger partial charge in [0, 0.05) is 11.1 Å². The molecule has 0 unspecified atom stereocenters. The van der Waals surface area contributed by atoms with Crippen LogP contribution in [0.5, 0.6) is 23.0 Å². The summed E-state index contributed by atoms with van der Waals surface area (Å²) in [5, 5.41) is 39.1. The lowest BCUT2D eigenvalue weighted by Gasteiger charge is -2.12. The van der Waals surface area contributed by atoms with Crippen LogP contribution in [0.15, 0.2) is 24.3 Å². The van der Waals surface area contributed by atoms with Crippen LogP contribution < -0.4 is 0 Å². The standard InChI is InChI=1S/C14H14O4/c1-7-3-5-9(13(17)11(7)15)10-6-4-8(2)12(16)14(10)18/h3-6,15-18H,1-2H3. The summed E-state index contributed by atoms with van der Waals surface area (Å²) in [6.07, 6.45) is 0. The van der Waals surface area contributed by atoms with Crippen molar-refractivity contribution >= 4 is 0 Å². The largest absolute Gasteiger partial charge is 0.504 e. The third kappa shape index (κ3) is 1.72. The van der Waals surface area contributed by atoms with Gasteiger partial charge in [-0.2, -0.15) is 0 Å². The molecular weight excluding hydrogens is 232 g/mol. The van der Waals surface area contributed by atoms with Crippen molar-refractivity contribution in [2.45, 2.75) is 13.8 Å². The topological polar surface area (TPSA) is 80.9 Å². The fraction of sp³-hybridized carbons (Fsp3) is 0.143. The van der Waals surface area contributed by atoms with Crippen LogP contribution in [-0.2, 0) is 0 Å². The molecule has 0 saturated carbocycles. The molecule has 4 nitrogen and oxygen atoms in total. The first-order valence-electron chi connectivity index (χ1n) is 5.47. The molecule has 0 spiro atoms. The molecule has 0 heterocycles. The zero-order valence-corrected chi connectivity index (χ0v) is 10.1. The Morgan fingerprint density at radius 1 is 0.556 bits per heavy atom. The Morgan fingerprint density at radius 3 is 1.22 bits per heavy atom. The Balaban J connectivity index is 2.71. The second-order valence-corrected chi connectivity index (χ2v) is 4.25. The monoisotopic (exact) mass is 246 g/mol. The van der Waals surface area contributed by atoms with Crippen molar-refractivity contribution in [1.82, 2.24) is 0 Å². The maximum absolute atomic E-state index is 9.87. The average molecular weight is 246 g/mol. The van der Waals surface area contributed by atoms with E-state index in [0.29, 0.717) is 11.1 Å². The van der Waals surface area contributed by atoms with Gasteiger partial charge in [0.05, 0.1) is 0 Å². The van der Waals surface area contributed by atoms with E-state index in [1.165, 1.54) is 0 Å². The van der Waals surface area contributed by atoms with E-state index >= 15 is 0 Å². The van der Waals surface area contributed by atoms with E-state index in [1.807, 2.05) is 0 Å². The van der Waals surface area contributed by atoms with E-state index in [4.69, 9.17) is 0 Å². The van der Waals surface area contributed by atoms with Crippen LogP contribution >= 0.6 is 0 Å². The highest BCUT2D eigenvalue weighted by molar-refractivity contribution is 5.80. The van der Waals surface area contributed by atoms with E-state index in [0.717, 1.165) is 0 Å². The second kappa shape index (κ2) is 4.14. The Hall–Kier alpha value is -2.36. The zero-order chi connectivity index (χ0) is 13.4. The first-order chi connectivity index (χ1) is 8.43. The summed E-state index contributed by atoms with van der Waals surface area (Å²) >= 11 is 0. The van der Waals surface area contributed by atoms with Crippen LogP contribution in [0.4, 0.5) is 0 Å². The number of phenols is 4. The van der Waals surface area contributed by atoms with E-state index in [-0.39, 0.29) is 34.1 Å². The van der Waals surface area contributed by atoms with Crippen molar-refractivity contribution in [3.05, 3.63) is 35.4 Å². The Kier molecular flexibility index (Phi) is 2.79. The summed E-state index contributed by atoms with van der Waals surface area (Å²) in [4.78, 5) is 0. The number of rotatable bonds is 1. The molecule has 0 bridgehead atoms. The SMILES string of the molecule is Cc1ccc(-c2ccc(C)c(O)c2O)c(O)c1O. The van der Waals surface area contributed by atoms with Crippen molar-refractivity contribution in [3.63, 3.8) is 0 Å². The van der Waals surface area contributed by atoms with Gasteiger partial charge in [-0.25, -0.2) is 0 Å². The van der Waals surface area contributed by atoms with Crippen molar-refractivity contribution in [3.8, 4) is 34.1 Å². The number of hydrogen-bond donors (Lipinski definition) is 4. The number of aryl methyl sites for hydroxylation is 2. The molecule has 2 rings (SSSR count). The fourth-order valence-corrected chi connectivity index (χ4v) is 1.80. The predicted octanol–water partition coefficient (Wildman–Crippen LogP) is 2.79. The minimum absolute atomic E-state index is 0.230. The van der Waals surface area contributed by atoms with Gasteiger partial charge < -0.3 is 20.4 Å². The Morgan fingerprint density at radius 2 is 0.889 bits per heavy atom. The van der Waals surface area contributed by atoms with Gasteiger partial charge in [0.1, 0.15) is 0 Å². The number of benzene rings is 2. The molecule has 0 aromatic heterocycles. The van der Waals surface area contributed by atoms with E-state index in [9.17, 15) is 20.4 Å². The van der Waals surface area contributed by atoms with Crippen molar-refractivity contribution in [1.29, 1.82) is 0 Å². The first-order valence-corrected chi connectivity index (χ1v) is 5.47. The summed E-state index contributed by atoms with van der Waals surface area (Å²) in [5.74, 6) is -1.08. The molecule has 94 valence electrons. The molecular formula is C14H14O4. The summed E-state index contributed by atoms with van der Waals surface area (Å²) in [5.41, 5.74) is 1.61. The zero-order valence-electron chi connectivity index (χ0n) is 10.1. The van der Waals surface area contributed by atoms with Gasteiger partial charge in [-0.05, 0) is 37.1 Å². The molecule has 0 atom stereocenters. The lowest BCUT2D eigenvalue weighted by Crippen LogP contribution is -1.85. The molecule has 0 aliphatic rings. The lowest BCUT2D eigenvalue weighted by molar-refractivity contribution is 0.397. The Labute approximate surface area is 104 Å². The molecule has 0 aliphatic heterocycles. The van der Waals surface area contributed by atoms with E-state index < -0.39 is 0 Å². The van der Waals surface area contributed by atoms with E-state index in [2.05, 4.69) is 0 Å². The van der Waals surface area contributed by atoms with Gasteiger partial charge in [0.25, 0.3) is 0 Å². The normalized spacial score (nSPS) is 10.6. The molecule has 0 amide bonds. The smallest absolute Gasteiger partial charge is 0.165 e. The van der Waals surface area contributed by atoms with Crippen molar-refractivity contribution < 1.29 is 20.4 Å². The molecule has 0 radical (unpaired) electrons. The number of hydrogen-bond acceptors (Lipinski definition) is 4. The third-order valence-electron chi connectivity index (χ3n) is 3.00. The maximum atomic E-state index is 9.87. The van der Waals surface area contributed by atoms with Crippen LogP contribution in [0.25, 0.3) is 11.1 Å². The van der Waals surface area contributed by atoms with Crippen molar-refractivity contribution in [2.24, 2.45) is 0 Å². The van der Waals surface area contributed by atoms with Gasteiger partial charge in [0.15, 0.2) is 23.0 Å². The van der Waals surface area contributed by atoms with Gasteiger partial charge in [-0.3, -0.25) is 0 Å². The minimum atomic E-state index is -0.312. The summed E-state index contributed by atoms with van der Waals surface area (Å²) in [6.45, 7) is 3.32. The molecule has 2 aromatic rings. The molecule has 2 aromatic carbocycles. The van der Waals surface area contributed by atoms with E-state index in [1.54, 1.807) is 38.1 Å². The van der Waals surface area contributed by atoms with Crippen LogP contribution in [0.2, 0.25) is 0 Å². The van der Waals surface area contributed by atoms with Crippen LogP contribution in [0, 0.1) is 13.8 Å². The number of aromatic hydroxyl groups is 4. The average Bonchev–Trinajstić information content (AvgIpc) is 2.35. The van der Waals surface area contributed by atoms with Crippen LogP contribution in [-0.4, -0.2) is 20.4 Å². The third-order valence-corrected chi connectivity index (χ3v) is 3.00. The predicted molar refractivity (Wildman–Crippen MR) is 68.0 cm³/mol. The van der Waals surface area contributed by atoms with Crippen LogP contribution in [0.1, 0.15) is 11.1 Å². The molecule has 0 aliphatic carbocycles. The molecule has 4 heteroatoms. The lowest BCUT2D eigenvalue weighted by atomic mass is 9.99. The highest BCUT2D eigenvalue weighted by Crippen LogP contribution is 2.45. The summed E-state index contributed by atoms with van der Waals surface area (Å²) in [7, 11) is 0. The van der Waals surface area contributed by atoms with Crippen molar-refractivity contribution in [2.75, 3.05) is 0 Å². The second-order valence-electron chi connectivity index (χ2n) is 4.25. The summed E-state index contributed by atoms with van der Waals surface area (Å²) < 4.78 is 0. The first kappa shape index (κ1) is 12.1.